The van der Waals surface area contributed by atoms with E-state index >= 15 is 0 Å². The molecule has 2 rings (SSSR count). The van der Waals surface area contributed by atoms with Crippen LogP contribution in [0.4, 0.5) is 10.9 Å². The van der Waals surface area contributed by atoms with Gasteiger partial charge in [-0.1, -0.05) is 43.0 Å². The minimum absolute atomic E-state index is 0.0323. The van der Waals surface area contributed by atoms with Gasteiger partial charge in [-0.3, -0.25) is 18.7 Å². The lowest BCUT2D eigenvalue weighted by Crippen LogP contribution is -2.43. The highest BCUT2D eigenvalue weighted by atomic mass is 32.2. The molecule has 11 heteroatoms. The standard InChI is InChI=1S/C16H22N6O3S2/c1-5-6-18-14-19-20-15(27-14)26-8-10(23)11-12(17)22(7-9(2)3)16(25)21(4)13(11)24/h5,9H,1,6-8,17H2,2-4H3,(H,18,19). The summed E-state index contributed by atoms with van der Waals surface area (Å²) in [7, 11) is 1.34. The number of rotatable bonds is 9. The van der Waals surface area contributed by atoms with Crippen LogP contribution in [0.1, 0.15) is 24.2 Å². The van der Waals surface area contributed by atoms with Crippen molar-refractivity contribution < 1.29 is 4.79 Å². The van der Waals surface area contributed by atoms with Crippen LogP contribution in [0.15, 0.2) is 26.6 Å². The average molecular weight is 411 g/mol. The maximum atomic E-state index is 12.6. The molecule has 0 aliphatic carbocycles. The van der Waals surface area contributed by atoms with Gasteiger partial charge in [-0.25, -0.2) is 4.79 Å². The molecule has 2 heterocycles. The number of nitrogens with one attached hydrogen (secondary N) is 1. The molecule has 0 amide bonds. The lowest BCUT2D eigenvalue weighted by atomic mass is 10.2. The molecule has 0 saturated carbocycles. The van der Waals surface area contributed by atoms with Gasteiger partial charge in [0, 0.05) is 20.1 Å². The highest BCUT2D eigenvalue weighted by Crippen LogP contribution is 2.26. The van der Waals surface area contributed by atoms with Crippen molar-refractivity contribution >= 4 is 39.8 Å². The van der Waals surface area contributed by atoms with Crippen molar-refractivity contribution in [3.8, 4) is 0 Å². The van der Waals surface area contributed by atoms with Gasteiger partial charge in [0.25, 0.3) is 5.56 Å². The number of aromatic nitrogens is 4. The number of nitrogen functional groups attached to an aromatic ring is 1. The summed E-state index contributed by atoms with van der Waals surface area (Å²) in [6.07, 6.45) is 1.70. The molecular weight excluding hydrogens is 388 g/mol. The Kier molecular flexibility index (Phi) is 6.97. The molecule has 2 aromatic rings. The predicted octanol–water partition coefficient (Wildman–Crippen LogP) is 1.21. The summed E-state index contributed by atoms with van der Waals surface area (Å²) in [6.45, 7) is 8.32. The molecule has 27 heavy (non-hydrogen) atoms. The lowest BCUT2D eigenvalue weighted by Gasteiger charge is -2.15. The summed E-state index contributed by atoms with van der Waals surface area (Å²) in [4.78, 5) is 37.3. The van der Waals surface area contributed by atoms with Gasteiger partial charge in [-0.05, 0) is 5.92 Å². The van der Waals surface area contributed by atoms with Gasteiger partial charge in [0.15, 0.2) is 10.1 Å². The van der Waals surface area contributed by atoms with E-state index in [1.165, 1.54) is 23.0 Å². The van der Waals surface area contributed by atoms with Crippen molar-refractivity contribution in [1.82, 2.24) is 19.3 Å². The first-order valence-corrected chi connectivity index (χ1v) is 10.00. The van der Waals surface area contributed by atoms with E-state index in [1.807, 2.05) is 13.8 Å². The SMILES string of the molecule is C=CCNc1nnc(SCC(=O)c2c(N)n(CC(C)C)c(=O)n(C)c2=O)s1. The van der Waals surface area contributed by atoms with Crippen LogP contribution in [0.2, 0.25) is 0 Å². The third kappa shape index (κ3) is 4.86. The van der Waals surface area contributed by atoms with E-state index in [2.05, 4.69) is 22.1 Å². The van der Waals surface area contributed by atoms with E-state index < -0.39 is 17.0 Å². The molecule has 0 atom stereocenters. The number of anilines is 2. The first-order chi connectivity index (χ1) is 12.8. The molecule has 0 spiro atoms. The van der Waals surface area contributed by atoms with E-state index in [1.54, 1.807) is 6.08 Å². The second kappa shape index (κ2) is 9.00. The Morgan fingerprint density at radius 3 is 2.74 bits per heavy atom. The summed E-state index contributed by atoms with van der Waals surface area (Å²) in [5.41, 5.74) is 4.62. The zero-order chi connectivity index (χ0) is 20.1. The van der Waals surface area contributed by atoms with Crippen molar-refractivity contribution in [2.45, 2.75) is 24.7 Å². The van der Waals surface area contributed by atoms with E-state index in [0.717, 1.165) is 16.3 Å². The minimum Gasteiger partial charge on any atom is -0.384 e. The first kappa shape index (κ1) is 20.9. The Morgan fingerprint density at radius 1 is 1.41 bits per heavy atom. The molecule has 146 valence electrons. The maximum Gasteiger partial charge on any atom is 0.332 e. The minimum atomic E-state index is -0.686. The molecule has 0 radical (unpaired) electrons. The van der Waals surface area contributed by atoms with Crippen LogP contribution in [0.5, 0.6) is 0 Å². The number of nitrogens with two attached hydrogens (primary N) is 1. The lowest BCUT2D eigenvalue weighted by molar-refractivity contribution is 0.102. The van der Waals surface area contributed by atoms with Gasteiger partial charge in [0.1, 0.15) is 11.4 Å². The van der Waals surface area contributed by atoms with Crippen molar-refractivity contribution in [2.24, 2.45) is 13.0 Å². The Labute approximate surface area is 164 Å². The van der Waals surface area contributed by atoms with Gasteiger partial charge in [-0.2, -0.15) is 0 Å². The van der Waals surface area contributed by atoms with Crippen molar-refractivity contribution in [3.05, 3.63) is 39.1 Å². The van der Waals surface area contributed by atoms with E-state index in [-0.39, 0.29) is 23.1 Å². The van der Waals surface area contributed by atoms with Crippen LogP contribution in [-0.2, 0) is 13.6 Å². The fraction of sp³-hybridized carbons (Fsp3) is 0.438. The quantitative estimate of drug-likeness (QED) is 0.359. The highest BCUT2D eigenvalue weighted by Gasteiger charge is 2.22. The number of thioether (sulfide) groups is 1. The van der Waals surface area contributed by atoms with Gasteiger partial charge in [-0.15, -0.1) is 16.8 Å². The van der Waals surface area contributed by atoms with Crippen LogP contribution in [0.25, 0.3) is 0 Å². The van der Waals surface area contributed by atoms with E-state index in [4.69, 9.17) is 5.73 Å². The molecule has 0 saturated heterocycles. The number of ketones is 1. The topological polar surface area (TPSA) is 125 Å². The van der Waals surface area contributed by atoms with E-state index in [9.17, 15) is 14.4 Å². The number of carbonyl (C=O) groups excluding carboxylic acids is 1. The first-order valence-electron chi connectivity index (χ1n) is 8.19. The monoisotopic (exact) mass is 410 g/mol. The normalized spacial score (nSPS) is 11.0. The maximum absolute atomic E-state index is 12.6. The number of hydrogen-bond acceptors (Lipinski definition) is 9. The van der Waals surface area contributed by atoms with Crippen LogP contribution in [-0.4, -0.2) is 37.4 Å². The van der Waals surface area contributed by atoms with Gasteiger partial charge < -0.3 is 11.1 Å². The molecule has 0 unspecified atom stereocenters. The Hall–Kier alpha value is -2.40. The summed E-state index contributed by atoms with van der Waals surface area (Å²) in [6, 6.07) is 0. The molecule has 0 bridgehead atoms. The number of nitrogens with zero attached hydrogens (tertiary/aromatic N) is 4. The summed E-state index contributed by atoms with van der Waals surface area (Å²) < 4.78 is 2.77. The third-order valence-electron chi connectivity index (χ3n) is 3.54. The van der Waals surface area contributed by atoms with Crippen LogP contribution in [0, 0.1) is 5.92 Å². The zero-order valence-corrected chi connectivity index (χ0v) is 17.0. The number of Topliss-reactive ketones (excluding diaryl/α,β-unsaturated/α-hetero) is 1. The Morgan fingerprint density at radius 2 is 2.11 bits per heavy atom. The van der Waals surface area contributed by atoms with Gasteiger partial charge in [0.05, 0.1) is 5.75 Å². The predicted molar refractivity (Wildman–Crippen MR) is 109 cm³/mol. The smallest absolute Gasteiger partial charge is 0.332 e. The Balaban J connectivity index is 2.24. The second-order valence-electron chi connectivity index (χ2n) is 6.17. The highest BCUT2D eigenvalue weighted by molar-refractivity contribution is 8.01. The molecule has 9 nitrogen and oxygen atoms in total. The van der Waals surface area contributed by atoms with Crippen molar-refractivity contribution in [3.63, 3.8) is 0 Å². The number of hydrogen-bond donors (Lipinski definition) is 2. The number of carbonyl (C=O) groups is 1. The summed E-state index contributed by atoms with van der Waals surface area (Å²) in [5.74, 6) is -0.447. The van der Waals surface area contributed by atoms with Gasteiger partial charge in [0.2, 0.25) is 5.13 Å². The molecule has 0 aliphatic rings. The summed E-state index contributed by atoms with van der Waals surface area (Å²) >= 11 is 2.46. The van der Waals surface area contributed by atoms with Crippen LogP contribution >= 0.6 is 23.1 Å². The average Bonchev–Trinajstić information content (AvgIpc) is 3.08. The largest absolute Gasteiger partial charge is 0.384 e. The van der Waals surface area contributed by atoms with Crippen molar-refractivity contribution in [2.75, 3.05) is 23.3 Å². The van der Waals surface area contributed by atoms with Gasteiger partial charge >= 0.3 is 5.69 Å². The van der Waals surface area contributed by atoms with Crippen molar-refractivity contribution in [1.29, 1.82) is 0 Å². The second-order valence-corrected chi connectivity index (χ2v) is 8.37. The fourth-order valence-electron chi connectivity index (χ4n) is 2.29. The molecule has 0 aromatic carbocycles. The van der Waals surface area contributed by atoms with E-state index in [0.29, 0.717) is 22.6 Å². The Bertz CT molecular complexity index is 960. The molecule has 2 aromatic heterocycles. The zero-order valence-electron chi connectivity index (χ0n) is 15.4. The molecular formula is C16H22N6O3S2. The molecule has 0 aliphatic heterocycles. The summed E-state index contributed by atoms with van der Waals surface area (Å²) in [5, 5.41) is 11.6. The third-order valence-corrected chi connectivity index (χ3v) is 5.55. The molecule has 3 N–H and O–H groups in total. The fourth-order valence-corrected chi connectivity index (χ4v) is 3.92. The molecule has 0 fully saturated rings. The van der Waals surface area contributed by atoms with Crippen LogP contribution < -0.4 is 22.3 Å². The van der Waals surface area contributed by atoms with Crippen LogP contribution in [0.3, 0.4) is 0 Å².